The third kappa shape index (κ3) is 2.67. The van der Waals surface area contributed by atoms with Crippen LogP contribution in [0.3, 0.4) is 0 Å². The van der Waals surface area contributed by atoms with Crippen molar-refractivity contribution in [2.45, 2.75) is 13.5 Å². The number of halogens is 1. The maximum atomic E-state index is 5.73. The first-order valence-corrected chi connectivity index (χ1v) is 6.45. The number of anilines is 1. The highest BCUT2D eigenvalue weighted by Gasteiger charge is 2.07. The van der Waals surface area contributed by atoms with E-state index in [1.165, 1.54) is 6.39 Å². The molecule has 0 atom stereocenters. The lowest BCUT2D eigenvalue weighted by atomic mass is 10.1. The van der Waals surface area contributed by atoms with Gasteiger partial charge in [-0.05, 0) is 54.4 Å². The van der Waals surface area contributed by atoms with Crippen LogP contribution in [0.2, 0.25) is 5.22 Å². The van der Waals surface area contributed by atoms with Crippen molar-refractivity contribution < 1.29 is 8.83 Å². The van der Waals surface area contributed by atoms with E-state index in [-0.39, 0.29) is 0 Å². The third-order valence-electron chi connectivity index (χ3n) is 2.92. The molecule has 0 radical (unpaired) electrons. The fraction of sp³-hybridized carbons (Fsp3) is 0.143. The zero-order valence-electron chi connectivity index (χ0n) is 10.8. The van der Waals surface area contributed by atoms with E-state index in [0.717, 1.165) is 22.6 Å². The van der Waals surface area contributed by atoms with Gasteiger partial charge in [-0.2, -0.15) is 0 Å². The van der Waals surface area contributed by atoms with Gasteiger partial charge in [0.05, 0.1) is 6.54 Å². The highest BCUT2D eigenvalue weighted by Crippen LogP contribution is 2.24. The average Bonchev–Trinajstić information content (AvgIpc) is 3.08. The number of hydrogen-bond acceptors (Lipinski definition) is 5. The Labute approximate surface area is 120 Å². The van der Waals surface area contributed by atoms with Crippen LogP contribution >= 0.6 is 11.6 Å². The Kier molecular flexibility index (Phi) is 3.43. The lowest BCUT2D eigenvalue weighted by Gasteiger charge is -2.09. The van der Waals surface area contributed by atoms with Crippen LogP contribution in [0.1, 0.15) is 11.3 Å². The van der Waals surface area contributed by atoms with E-state index < -0.39 is 0 Å². The molecule has 20 heavy (non-hydrogen) atoms. The minimum atomic E-state index is 0.394. The van der Waals surface area contributed by atoms with E-state index in [4.69, 9.17) is 20.4 Å². The Balaban J connectivity index is 1.74. The molecular formula is C14H12ClN3O2. The van der Waals surface area contributed by atoms with Gasteiger partial charge in [0.15, 0.2) is 5.22 Å². The van der Waals surface area contributed by atoms with E-state index in [1.807, 2.05) is 31.2 Å². The normalized spacial score (nSPS) is 10.7. The van der Waals surface area contributed by atoms with Gasteiger partial charge in [-0.3, -0.25) is 0 Å². The quantitative estimate of drug-likeness (QED) is 0.789. The molecule has 0 unspecified atom stereocenters. The Morgan fingerprint density at radius 2 is 2.15 bits per heavy atom. The van der Waals surface area contributed by atoms with Crippen LogP contribution in [0.5, 0.6) is 0 Å². The van der Waals surface area contributed by atoms with Crippen molar-refractivity contribution in [3.8, 4) is 11.5 Å². The van der Waals surface area contributed by atoms with Crippen LogP contribution in [0, 0.1) is 6.92 Å². The van der Waals surface area contributed by atoms with Crippen molar-refractivity contribution in [1.82, 2.24) is 10.2 Å². The molecule has 0 fully saturated rings. The molecule has 102 valence electrons. The smallest absolute Gasteiger partial charge is 0.247 e. The number of nitrogens with zero attached hydrogens (tertiary/aromatic N) is 2. The Hall–Kier alpha value is -2.27. The van der Waals surface area contributed by atoms with Crippen molar-refractivity contribution in [3.63, 3.8) is 0 Å². The summed E-state index contributed by atoms with van der Waals surface area (Å²) in [5.74, 6) is 1.30. The summed E-state index contributed by atoms with van der Waals surface area (Å²) in [6.07, 6.45) is 1.32. The Bertz CT molecular complexity index is 707. The summed E-state index contributed by atoms with van der Waals surface area (Å²) in [5.41, 5.74) is 2.99. The molecule has 1 aromatic carbocycles. The summed E-state index contributed by atoms with van der Waals surface area (Å²) < 4.78 is 10.5. The second-order valence-corrected chi connectivity index (χ2v) is 4.71. The van der Waals surface area contributed by atoms with Gasteiger partial charge >= 0.3 is 0 Å². The molecule has 2 aromatic heterocycles. The van der Waals surface area contributed by atoms with E-state index in [9.17, 15) is 0 Å². The molecule has 0 bridgehead atoms. The molecule has 1 N–H and O–H groups in total. The minimum Gasteiger partial charge on any atom is -0.448 e. The number of rotatable bonds is 4. The van der Waals surface area contributed by atoms with Crippen molar-refractivity contribution >= 4 is 17.3 Å². The molecule has 0 aliphatic carbocycles. The predicted molar refractivity (Wildman–Crippen MR) is 75.5 cm³/mol. The lowest BCUT2D eigenvalue weighted by molar-refractivity contribution is 0.520. The molecule has 6 heteroatoms. The van der Waals surface area contributed by atoms with Crippen LogP contribution < -0.4 is 5.32 Å². The molecule has 0 amide bonds. The van der Waals surface area contributed by atoms with Crippen LogP contribution in [-0.2, 0) is 6.54 Å². The van der Waals surface area contributed by atoms with Crippen LogP contribution in [0.4, 0.5) is 5.69 Å². The van der Waals surface area contributed by atoms with Gasteiger partial charge in [-0.1, -0.05) is 0 Å². The molecule has 5 nitrogen and oxygen atoms in total. The van der Waals surface area contributed by atoms with Crippen molar-refractivity contribution in [3.05, 3.63) is 53.3 Å². The molecular weight excluding hydrogens is 278 g/mol. The molecule has 3 rings (SSSR count). The summed E-state index contributed by atoms with van der Waals surface area (Å²) in [6.45, 7) is 2.59. The number of aromatic nitrogens is 2. The van der Waals surface area contributed by atoms with Crippen LogP contribution in [0.15, 0.2) is 45.6 Å². The third-order valence-corrected chi connectivity index (χ3v) is 3.12. The number of hydrogen-bond donors (Lipinski definition) is 1. The van der Waals surface area contributed by atoms with Crippen LogP contribution in [-0.4, -0.2) is 10.2 Å². The van der Waals surface area contributed by atoms with E-state index in [2.05, 4.69) is 15.5 Å². The predicted octanol–water partition coefficient (Wildman–Crippen LogP) is 3.90. The van der Waals surface area contributed by atoms with E-state index >= 15 is 0 Å². The Morgan fingerprint density at radius 1 is 1.25 bits per heavy atom. The van der Waals surface area contributed by atoms with Gasteiger partial charge < -0.3 is 14.2 Å². The fourth-order valence-electron chi connectivity index (χ4n) is 1.92. The van der Waals surface area contributed by atoms with Crippen LogP contribution in [0.25, 0.3) is 11.5 Å². The summed E-state index contributed by atoms with van der Waals surface area (Å²) in [4.78, 5) is 0. The van der Waals surface area contributed by atoms with Gasteiger partial charge in [-0.25, -0.2) is 0 Å². The van der Waals surface area contributed by atoms with Gasteiger partial charge in [0.25, 0.3) is 0 Å². The molecule has 0 aliphatic rings. The summed E-state index contributed by atoms with van der Waals surface area (Å²) in [5, 5.41) is 11.2. The summed E-state index contributed by atoms with van der Waals surface area (Å²) in [6, 6.07) is 9.46. The molecule has 0 aliphatic heterocycles. The summed E-state index contributed by atoms with van der Waals surface area (Å²) in [7, 11) is 0. The van der Waals surface area contributed by atoms with Gasteiger partial charge in [0.1, 0.15) is 5.76 Å². The van der Waals surface area contributed by atoms with Gasteiger partial charge in [0, 0.05) is 11.3 Å². The van der Waals surface area contributed by atoms with Crippen molar-refractivity contribution in [2.24, 2.45) is 0 Å². The first-order valence-electron chi connectivity index (χ1n) is 6.07. The molecule has 0 saturated heterocycles. The zero-order chi connectivity index (χ0) is 13.9. The molecule has 3 aromatic rings. The summed E-state index contributed by atoms with van der Waals surface area (Å²) >= 11 is 5.73. The SMILES string of the molecule is Cc1cc(-c2nnco2)ccc1NCc1ccc(Cl)o1. The number of furan rings is 1. The molecule has 0 spiro atoms. The van der Waals surface area contributed by atoms with Crippen molar-refractivity contribution in [2.75, 3.05) is 5.32 Å². The number of benzene rings is 1. The largest absolute Gasteiger partial charge is 0.448 e. The Morgan fingerprint density at radius 3 is 2.80 bits per heavy atom. The van der Waals surface area contributed by atoms with Crippen molar-refractivity contribution in [1.29, 1.82) is 0 Å². The topological polar surface area (TPSA) is 64.1 Å². The van der Waals surface area contributed by atoms with Gasteiger partial charge in [0.2, 0.25) is 12.3 Å². The lowest BCUT2D eigenvalue weighted by Crippen LogP contribution is -2.00. The fourth-order valence-corrected chi connectivity index (χ4v) is 2.09. The average molecular weight is 290 g/mol. The monoisotopic (exact) mass is 289 g/mol. The highest BCUT2D eigenvalue weighted by atomic mass is 35.5. The minimum absolute atomic E-state index is 0.394. The molecule has 2 heterocycles. The maximum Gasteiger partial charge on any atom is 0.247 e. The highest BCUT2D eigenvalue weighted by molar-refractivity contribution is 6.28. The first-order chi connectivity index (χ1) is 9.72. The second kappa shape index (κ2) is 5.38. The standard InChI is InChI=1S/C14H12ClN3O2/c1-9-6-10(14-18-17-8-19-14)2-4-12(9)16-7-11-3-5-13(15)20-11/h2-6,8,16H,7H2,1H3. The van der Waals surface area contributed by atoms with Gasteiger partial charge in [-0.15, -0.1) is 10.2 Å². The zero-order valence-corrected chi connectivity index (χ0v) is 11.5. The first kappa shape index (κ1) is 12.7. The second-order valence-electron chi connectivity index (χ2n) is 4.33. The maximum absolute atomic E-state index is 5.73. The van der Waals surface area contributed by atoms with E-state index in [0.29, 0.717) is 17.7 Å². The molecule has 0 saturated carbocycles. The number of aryl methyl sites for hydroxylation is 1. The van der Waals surface area contributed by atoms with E-state index in [1.54, 1.807) is 6.07 Å². The number of nitrogens with one attached hydrogen (secondary N) is 1.